The van der Waals surface area contributed by atoms with Gasteiger partial charge in [-0.3, -0.25) is 15.0 Å². The smallest absolute Gasteiger partial charge is 0.410 e. The maximum absolute atomic E-state index is 12.8. The Labute approximate surface area is 138 Å². The third kappa shape index (κ3) is 3.05. The maximum atomic E-state index is 12.8. The molecule has 0 spiro atoms. The highest BCUT2D eigenvalue weighted by molar-refractivity contribution is 7.13. The fourth-order valence-corrected chi connectivity index (χ4v) is 3.44. The first-order chi connectivity index (χ1) is 11.1. The van der Waals surface area contributed by atoms with Crippen LogP contribution in [0.4, 0.5) is 9.93 Å². The number of aromatic nitrogens is 1. The molecule has 1 aromatic heterocycles. The summed E-state index contributed by atoms with van der Waals surface area (Å²) in [4.78, 5) is 30.5. The Kier molecular flexibility index (Phi) is 4.29. The molecule has 1 atom stereocenters. The number of amides is 2. The number of aryl methyl sites for hydroxylation is 1. The zero-order valence-corrected chi connectivity index (χ0v) is 13.7. The lowest BCUT2D eigenvalue weighted by atomic mass is 9.92. The normalized spacial score (nSPS) is 16.6. The van der Waals surface area contributed by atoms with E-state index in [0.717, 1.165) is 16.8 Å². The van der Waals surface area contributed by atoms with Crippen LogP contribution in [0.15, 0.2) is 29.6 Å². The molecule has 0 fully saturated rings. The number of hydrogen-bond acceptors (Lipinski definition) is 5. The maximum Gasteiger partial charge on any atom is 0.410 e. The van der Waals surface area contributed by atoms with Gasteiger partial charge < -0.3 is 4.74 Å². The highest BCUT2D eigenvalue weighted by atomic mass is 32.1. The zero-order valence-electron chi connectivity index (χ0n) is 12.9. The molecule has 0 saturated heterocycles. The summed E-state index contributed by atoms with van der Waals surface area (Å²) in [7, 11) is 1.32. The van der Waals surface area contributed by atoms with Crippen molar-refractivity contribution in [2.45, 2.75) is 19.4 Å². The van der Waals surface area contributed by atoms with Gasteiger partial charge in [0.2, 0.25) is 0 Å². The molecule has 0 radical (unpaired) electrons. The molecule has 0 saturated carbocycles. The van der Waals surface area contributed by atoms with Gasteiger partial charge in [0.05, 0.1) is 12.8 Å². The number of carbonyl (C=O) groups is 2. The van der Waals surface area contributed by atoms with E-state index in [4.69, 9.17) is 4.74 Å². The van der Waals surface area contributed by atoms with Crippen LogP contribution in [-0.2, 0) is 16.0 Å². The van der Waals surface area contributed by atoms with Crippen molar-refractivity contribution in [2.24, 2.45) is 0 Å². The van der Waals surface area contributed by atoms with Gasteiger partial charge in [-0.2, -0.15) is 0 Å². The number of methoxy groups -OCH3 is 1. The highest BCUT2D eigenvalue weighted by Crippen LogP contribution is 2.31. The molecule has 1 aliphatic heterocycles. The van der Waals surface area contributed by atoms with Crippen molar-refractivity contribution < 1.29 is 14.3 Å². The van der Waals surface area contributed by atoms with Crippen molar-refractivity contribution in [3.8, 4) is 0 Å². The third-order valence-electron chi connectivity index (χ3n) is 3.79. The van der Waals surface area contributed by atoms with Crippen LogP contribution in [0.5, 0.6) is 0 Å². The van der Waals surface area contributed by atoms with Crippen molar-refractivity contribution >= 4 is 28.5 Å². The minimum Gasteiger partial charge on any atom is -0.453 e. The Morgan fingerprint density at radius 3 is 2.87 bits per heavy atom. The summed E-state index contributed by atoms with van der Waals surface area (Å²) < 4.78 is 4.83. The largest absolute Gasteiger partial charge is 0.453 e. The molecule has 7 heteroatoms. The summed E-state index contributed by atoms with van der Waals surface area (Å²) in [5.41, 5.74) is 2.75. The number of thiazole rings is 1. The molecule has 1 aliphatic rings. The van der Waals surface area contributed by atoms with Gasteiger partial charge >= 0.3 is 6.09 Å². The van der Waals surface area contributed by atoms with Gasteiger partial charge in [-0.05, 0) is 24.5 Å². The molecule has 3 rings (SSSR count). The Balaban J connectivity index is 1.93. The summed E-state index contributed by atoms with van der Waals surface area (Å²) in [6, 6.07) is 6.95. The molecule has 1 aromatic carbocycles. The van der Waals surface area contributed by atoms with Crippen molar-refractivity contribution in [1.29, 1.82) is 0 Å². The monoisotopic (exact) mass is 331 g/mol. The minimum absolute atomic E-state index is 0.281. The van der Waals surface area contributed by atoms with E-state index in [0.29, 0.717) is 18.1 Å². The van der Waals surface area contributed by atoms with Gasteiger partial charge in [0.1, 0.15) is 6.04 Å². The number of nitrogens with one attached hydrogen (secondary N) is 1. The number of benzene rings is 1. The molecule has 120 valence electrons. The predicted molar refractivity (Wildman–Crippen MR) is 87.5 cm³/mol. The van der Waals surface area contributed by atoms with Crippen LogP contribution in [0.1, 0.15) is 22.9 Å². The Morgan fingerprint density at radius 2 is 2.17 bits per heavy atom. The second-order valence-corrected chi connectivity index (χ2v) is 6.16. The van der Waals surface area contributed by atoms with Crippen molar-refractivity contribution in [3.63, 3.8) is 0 Å². The molecule has 23 heavy (non-hydrogen) atoms. The molecule has 2 heterocycles. The molecule has 0 aliphatic carbocycles. The summed E-state index contributed by atoms with van der Waals surface area (Å²) in [6.45, 7) is 2.31. The van der Waals surface area contributed by atoms with Crippen LogP contribution in [-0.4, -0.2) is 35.5 Å². The lowest BCUT2D eigenvalue weighted by Crippen LogP contribution is -2.45. The van der Waals surface area contributed by atoms with Gasteiger partial charge in [-0.15, -0.1) is 11.3 Å². The number of fused-ring (bicyclic) bond motifs is 1. The number of nitrogens with zero attached hydrogens (tertiary/aromatic N) is 2. The molecule has 6 nitrogen and oxygen atoms in total. The zero-order chi connectivity index (χ0) is 16.4. The minimum atomic E-state index is -0.711. The Morgan fingerprint density at radius 1 is 1.39 bits per heavy atom. The summed E-state index contributed by atoms with van der Waals surface area (Å²) >= 11 is 1.36. The number of anilines is 1. The molecule has 1 N–H and O–H groups in total. The van der Waals surface area contributed by atoms with Crippen LogP contribution in [0, 0.1) is 6.92 Å². The van der Waals surface area contributed by atoms with Crippen LogP contribution in [0.25, 0.3) is 0 Å². The van der Waals surface area contributed by atoms with Crippen molar-refractivity contribution in [2.75, 3.05) is 19.0 Å². The van der Waals surface area contributed by atoms with Gasteiger partial charge in [0.15, 0.2) is 5.13 Å². The van der Waals surface area contributed by atoms with Gasteiger partial charge in [-0.25, -0.2) is 9.78 Å². The van der Waals surface area contributed by atoms with E-state index in [2.05, 4.69) is 10.3 Å². The molecule has 2 aromatic rings. The summed E-state index contributed by atoms with van der Waals surface area (Å²) in [5.74, 6) is -0.281. The number of carbonyl (C=O) groups excluding carboxylic acids is 2. The molecule has 0 unspecified atom stereocenters. The number of hydrogen-bond donors (Lipinski definition) is 1. The second kappa shape index (κ2) is 6.37. The third-order valence-corrected chi connectivity index (χ3v) is 4.67. The van der Waals surface area contributed by atoms with E-state index in [9.17, 15) is 9.59 Å². The van der Waals surface area contributed by atoms with E-state index in [1.807, 2.05) is 36.6 Å². The average molecular weight is 331 g/mol. The van der Waals surface area contributed by atoms with Crippen molar-refractivity contribution in [3.05, 3.63) is 46.5 Å². The Hall–Kier alpha value is -2.41. The van der Waals surface area contributed by atoms with E-state index >= 15 is 0 Å². The first kappa shape index (κ1) is 15.5. The van der Waals surface area contributed by atoms with E-state index < -0.39 is 12.1 Å². The molecular weight excluding hydrogens is 314 g/mol. The fourth-order valence-electron chi connectivity index (χ4n) is 2.75. The van der Waals surface area contributed by atoms with Gasteiger partial charge in [-0.1, -0.05) is 24.3 Å². The predicted octanol–water partition coefficient (Wildman–Crippen LogP) is 2.76. The van der Waals surface area contributed by atoms with E-state index in [1.165, 1.54) is 23.3 Å². The first-order valence-corrected chi connectivity index (χ1v) is 8.13. The first-order valence-electron chi connectivity index (χ1n) is 7.25. The molecular formula is C16H17N3O3S. The van der Waals surface area contributed by atoms with Gasteiger partial charge in [0.25, 0.3) is 5.91 Å². The number of rotatable bonds is 2. The van der Waals surface area contributed by atoms with E-state index in [1.54, 1.807) is 0 Å². The Bertz CT molecular complexity index is 744. The summed E-state index contributed by atoms with van der Waals surface area (Å²) in [5, 5.41) is 5.19. The average Bonchev–Trinajstić information content (AvgIpc) is 2.97. The molecule has 0 bridgehead atoms. The summed E-state index contributed by atoms with van der Waals surface area (Å²) in [6.07, 6.45) is 0.195. The van der Waals surface area contributed by atoms with Crippen LogP contribution < -0.4 is 5.32 Å². The fraction of sp³-hybridized carbons (Fsp3) is 0.312. The van der Waals surface area contributed by atoms with Crippen LogP contribution in [0.3, 0.4) is 0 Å². The lowest BCUT2D eigenvalue weighted by molar-refractivity contribution is -0.121. The van der Waals surface area contributed by atoms with Crippen LogP contribution in [0.2, 0.25) is 0 Å². The lowest BCUT2D eigenvalue weighted by Gasteiger charge is -2.35. The van der Waals surface area contributed by atoms with Gasteiger partial charge in [0, 0.05) is 11.9 Å². The van der Waals surface area contributed by atoms with E-state index in [-0.39, 0.29) is 5.91 Å². The number of ether oxygens (including phenoxy) is 1. The SMILES string of the molecule is COC(=O)N1CCc2ccccc2[C@H]1C(=O)Nc1nc(C)cs1. The molecule has 2 amide bonds. The quantitative estimate of drug-likeness (QED) is 0.918. The topological polar surface area (TPSA) is 71.5 Å². The second-order valence-electron chi connectivity index (χ2n) is 5.30. The van der Waals surface area contributed by atoms with Crippen molar-refractivity contribution in [1.82, 2.24) is 9.88 Å². The highest BCUT2D eigenvalue weighted by Gasteiger charge is 2.36. The standard InChI is InChI=1S/C16H17N3O3S/c1-10-9-23-15(17-10)18-14(20)13-12-6-4-3-5-11(12)7-8-19(13)16(21)22-2/h3-6,9,13H,7-8H2,1-2H3,(H,17,18,20)/t13-/m0/s1. The van der Waals surface area contributed by atoms with Crippen LogP contribution >= 0.6 is 11.3 Å².